The molecule has 0 saturated carbocycles. The maximum Gasteiger partial charge on any atom is 0.339 e. The molecule has 2 aromatic carbocycles. The van der Waals surface area contributed by atoms with Crippen molar-refractivity contribution >= 4 is 39.0 Å². The van der Waals surface area contributed by atoms with Crippen LogP contribution >= 0.6 is 11.8 Å². The fourth-order valence-corrected chi connectivity index (χ4v) is 3.72. The first kappa shape index (κ1) is 17.2. The van der Waals surface area contributed by atoms with Gasteiger partial charge in [-0.15, -0.1) is 0 Å². The first-order valence-electron chi connectivity index (χ1n) is 7.24. The lowest BCUT2D eigenvalue weighted by Crippen LogP contribution is -2.18. The van der Waals surface area contributed by atoms with Crippen molar-refractivity contribution in [2.45, 2.75) is 11.8 Å². The number of amides is 1. The largest absolute Gasteiger partial charge is 0.379 e. The van der Waals surface area contributed by atoms with E-state index >= 15 is 0 Å². The van der Waals surface area contributed by atoms with Crippen LogP contribution < -0.4 is 9.50 Å². The van der Waals surface area contributed by atoms with Crippen LogP contribution in [0.4, 0.5) is 0 Å². The second-order valence-electron chi connectivity index (χ2n) is 5.31. The summed E-state index contributed by atoms with van der Waals surface area (Å²) in [6, 6.07) is 12.7. The Labute approximate surface area is 149 Å². The summed E-state index contributed by atoms with van der Waals surface area (Å²) in [6.07, 6.45) is 1.62. The zero-order chi connectivity index (χ0) is 18.0. The predicted octanol–water partition coefficient (Wildman–Crippen LogP) is 2.90. The number of nitrogens with one attached hydrogen (secondary N) is 2. The molecule has 0 spiro atoms. The molecule has 1 amide bonds. The third kappa shape index (κ3) is 4.09. The van der Waals surface area contributed by atoms with Crippen LogP contribution in [0.1, 0.15) is 11.1 Å². The summed E-state index contributed by atoms with van der Waals surface area (Å²) in [5.74, 6) is -0.142. The van der Waals surface area contributed by atoms with Gasteiger partial charge >= 0.3 is 10.1 Å². The second-order valence-corrected chi connectivity index (χ2v) is 7.91. The fourth-order valence-electron chi connectivity index (χ4n) is 2.09. The maximum atomic E-state index is 12.2. The molecule has 8 heteroatoms. The molecular weight excluding hydrogens is 360 g/mol. The predicted molar refractivity (Wildman–Crippen MR) is 96.9 cm³/mol. The van der Waals surface area contributed by atoms with Crippen molar-refractivity contribution < 1.29 is 17.4 Å². The molecule has 0 aromatic heterocycles. The lowest BCUT2D eigenvalue weighted by molar-refractivity contribution is -0.115. The molecule has 1 aliphatic heterocycles. The van der Waals surface area contributed by atoms with Crippen molar-refractivity contribution in [3.63, 3.8) is 0 Å². The first-order chi connectivity index (χ1) is 11.8. The van der Waals surface area contributed by atoms with Crippen LogP contribution in [0.15, 0.2) is 58.3 Å². The van der Waals surface area contributed by atoms with Crippen molar-refractivity contribution in [1.29, 1.82) is 5.41 Å². The van der Waals surface area contributed by atoms with Crippen molar-refractivity contribution in [2.24, 2.45) is 0 Å². The van der Waals surface area contributed by atoms with E-state index in [-0.39, 0.29) is 21.7 Å². The van der Waals surface area contributed by atoms with Gasteiger partial charge in [-0.25, -0.2) is 0 Å². The number of benzene rings is 2. The smallest absolute Gasteiger partial charge is 0.339 e. The van der Waals surface area contributed by atoms with E-state index in [4.69, 9.17) is 9.59 Å². The molecule has 0 bridgehead atoms. The van der Waals surface area contributed by atoms with Gasteiger partial charge in [0.2, 0.25) is 0 Å². The van der Waals surface area contributed by atoms with E-state index in [1.165, 1.54) is 24.3 Å². The monoisotopic (exact) mass is 374 g/mol. The number of aryl methyl sites for hydroxylation is 1. The van der Waals surface area contributed by atoms with Gasteiger partial charge in [-0.3, -0.25) is 10.2 Å². The van der Waals surface area contributed by atoms with Gasteiger partial charge in [-0.1, -0.05) is 29.8 Å². The molecule has 2 aromatic rings. The minimum Gasteiger partial charge on any atom is -0.379 e. The Hall–Kier alpha value is -2.58. The summed E-state index contributed by atoms with van der Waals surface area (Å²) >= 11 is 1.04. The lowest BCUT2D eigenvalue weighted by Gasteiger charge is -2.07. The highest BCUT2D eigenvalue weighted by atomic mass is 32.2. The van der Waals surface area contributed by atoms with E-state index in [2.05, 4.69) is 5.32 Å². The average molecular weight is 374 g/mol. The fraction of sp³-hybridized carbons (Fsp3) is 0.0588. The topological polar surface area (TPSA) is 96.3 Å². The second kappa shape index (κ2) is 6.73. The lowest BCUT2D eigenvalue weighted by atomic mass is 10.2. The Morgan fingerprint density at radius 2 is 1.72 bits per heavy atom. The summed E-state index contributed by atoms with van der Waals surface area (Å²) < 4.78 is 29.6. The van der Waals surface area contributed by atoms with Crippen molar-refractivity contribution in [3.05, 3.63) is 64.6 Å². The van der Waals surface area contributed by atoms with Gasteiger partial charge in [0.1, 0.15) is 10.6 Å². The third-order valence-electron chi connectivity index (χ3n) is 3.36. The number of carbonyl (C=O) groups excluding carboxylic acids is 1. The van der Waals surface area contributed by atoms with Gasteiger partial charge in [0.15, 0.2) is 5.17 Å². The van der Waals surface area contributed by atoms with E-state index in [0.717, 1.165) is 17.3 Å². The number of rotatable bonds is 4. The summed E-state index contributed by atoms with van der Waals surface area (Å²) in [5.41, 5.74) is 1.66. The third-order valence-corrected chi connectivity index (χ3v) is 5.45. The molecule has 1 heterocycles. The number of hydrogen-bond donors (Lipinski definition) is 2. The zero-order valence-corrected chi connectivity index (χ0v) is 14.8. The summed E-state index contributed by atoms with van der Waals surface area (Å²) in [6.45, 7) is 1.87. The Morgan fingerprint density at radius 3 is 2.28 bits per heavy atom. The van der Waals surface area contributed by atoms with Crippen molar-refractivity contribution in [1.82, 2.24) is 5.32 Å². The minimum absolute atomic E-state index is 0.0837. The first-order valence-corrected chi connectivity index (χ1v) is 9.47. The number of amidine groups is 1. The Balaban J connectivity index is 1.77. The van der Waals surface area contributed by atoms with Gasteiger partial charge < -0.3 is 9.50 Å². The highest BCUT2D eigenvalue weighted by Gasteiger charge is 2.22. The number of carbonyl (C=O) groups is 1. The van der Waals surface area contributed by atoms with Crippen LogP contribution in [0.2, 0.25) is 0 Å². The Kier molecular flexibility index (Phi) is 4.65. The van der Waals surface area contributed by atoms with Crippen LogP contribution in [0.5, 0.6) is 5.75 Å². The summed E-state index contributed by atoms with van der Waals surface area (Å²) in [7, 11) is -3.89. The van der Waals surface area contributed by atoms with Crippen LogP contribution in [0.3, 0.4) is 0 Å². The number of hydrogen-bond acceptors (Lipinski definition) is 6. The van der Waals surface area contributed by atoms with Crippen LogP contribution in [-0.2, 0) is 14.9 Å². The van der Waals surface area contributed by atoms with Crippen LogP contribution in [0, 0.1) is 12.3 Å². The molecule has 1 aliphatic rings. The van der Waals surface area contributed by atoms with E-state index in [1.807, 2.05) is 6.92 Å². The molecule has 1 fully saturated rings. The van der Waals surface area contributed by atoms with Gasteiger partial charge in [-0.05, 0) is 54.6 Å². The molecule has 25 heavy (non-hydrogen) atoms. The van der Waals surface area contributed by atoms with Crippen LogP contribution in [-0.4, -0.2) is 19.5 Å². The quantitative estimate of drug-likeness (QED) is 0.634. The molecule has 0 atom stereocenters. The summed E-state index contributed by atoms with van der Waals surface area (Å²) in [4.78, 5) is 12.1. The summed E-state index contributed by atoms with van der Waals surface area (Å²) in [5, 5.41) is 9.88. The zero-order valence-electron chi connectivity index (χ0n) is 13.1. The normalized spacial score (nSPS) is 16.1. The maximum absolute atomic E-state index is 12.2. The van der Waals surface area contributed by atoms with Gasteiger partial charge in [-0.2, -0.15) is 8.42 Å². The van der Waals surface area contributed by atoms with E-state index in [1.54, 1.807) is 30.3 Å². The molecule has 0 unspecified atom stereocenters. The van der Waals surface area contributed by atoms with Crippen LogP contribution in [0.25, 0.3) is 6.08 Å². The van der Waals surface area contributed by atoms with Gasteiger partial charge in [0.25, 0.3) is 5.91 Å². The van der Waals surface area contributed by atoms with E-state index < -0.39 is 10.1 Å². The molecule has 2 N–H and O–H groups in total. The Morgan fingerprint density at radius 1 is 1.08 bits per heavy atom. The standard InChI is InChI=1S/C17H14N2O4S2/c1-11-2-8-14(9-3-11)25(21,22)23-13-6-4-12(5-7-13)10-15-16(20)19-17(18)24-15/h2-10H,1H3,(H2,18,19,20). The minimum atomic E-state index is -3.89. The Bertz CT molecular complexity index is 963. The van der Waals surface area contributed by atoms with Crippen molar-refractivity contribution in [3.8, 4) is 5.75 Å². The highest BCUT2D eigenvalue weighted by Crippen LogP contribution is 2.26. The van der Waals surface area contributed by atoms with E-state index in [9.17, 15) is 13.2 Å². The number of thioether (sulfide) groups is 1. The van der Waals surface area contributed by atoms with E-state index in [0.29, 0.717) is 10.5 Å². The molecule has 6 nitrogen and oxygen atoms in total. The molecule has 0 radical (unpaired) electrons. The molecule has 3 rings (SSSR count). The molecule has 0 aliphatic carbocycles. The SMILES string of the molecule is Cc1ccc(S(=O)(=O)Oc2ccc(C=C3SC(=N)NC3=O)cc2)cc1. The van der Waals surface area contributed by atoms with Gasteiger partial charge in [0, 0.05) is 0 Å². The molecule has 1 saturated heterocycles. The van der Waals surface area contributed by atoms with Crippen molar-refractivity contribution in [2.75, 3.05) is 0 Å². The highest BCUT2D eigenvalue weighted by molar-refractivity contribution is 8.18. The molecular formula is C17H14N2O4S2. The molecule has 128 valence electrons. The van der Waals surface area contributed by atoms with Gasteiger partial charge in [0.05, 0.1) is 4.91 Å². The average Bonchev–Trinajstić information content (AvgIpc) is 2.87.